The number of rotatable bonds is 0. The maximum atomic E-state index is 8.63. The smallest absolute Gasteiger partial charge is 0.115 e. The molecule has 0 bridgehead atoms. The van der Waals surface area contributed by atoms with Crippen LogP contribution in [-0.2, 0) is 0 Å². The van der Waals surface area contributed by atoms with Gasteiger partial charge in [-0.25, -0.2) is 0 Å². The van der Waals surface area contributed by atoms with Gasteiger partial charge in [-0.1, -0.05) is 24.3 Å². The van der Waals surface area contributed by atoms with Gasteiger partial charge in [0, 0.05) is 11.4 Å². The van der Waals surface area contributed by atoms with Crippen LogP contribution in [0.4, 0.5) is 11.4 Å². The van der Waals surface area contributed by atoms with E-state index in [1.165, 1.54) is 0 Å². The zero-order chi connectivity index (χ0) is 11.1. The van der Waals surface area contributed by atoms with Crippen LogP contribution in [0.3, 0.4) is 0 Å². The largest absolute Gasteiger partial charge is 0.508 e. The Morgan fingerprint density at radius 2 is 1.25 bits per heavy atom. The van der Waals surface area contributed by atoms with Crippen molar-refractivity contribution in [2.24, 2.45) is 0 Å². The Morgan fingerprint density at radius 1 is 0.750 bits per heavy atom. The Kier molecular flexibility index (Phi) is 6.56. The summed E-state index contributed by atoms with van der Waals surface area (Å²) in [7, 11) is 0. The molecular weight excluding hydrogens is 224 g/mol. The van der Waals surface area contributed by atoms with E-state index < -0.39 is 0 Å². The average molecular weight is 239 g/mol. The molecule has 2 aromatic rings. The second-order valence-corrected chi connectivity index (χ2v) is 3.01. The number of phenols is 1. The number of anilines is 2. The van der Waals surface area contributed by atoms with E-state index in [4.69, 9.17) is 16.6 Å². The third kappa shape index (κ3) is 5.78. The molecule has 5 N–H and O–H groups in total. The molecule has 0 aliphatic carbocycles. The maximum absolute atomic E-state index is 8.63. The fourth-order valence-corrected chi connectivity index (χ4v) is 0.987. The molecule has 2 rings (SSSR count). The summed E-state index contributed by atoms with van der Waals surface area (Å²) in [5, 5.41) is 8.63. The predicted molar refractivity (Wildman–Crippen MR) is 70.6 cm³/mol. The number of aromatic hydroxyl groups is 1. The Morgan fingerprint density at radius 3 is 1.50 bits per heavy atom. The van der Waals surface area contributed by atoms with Crippen LogP contribution >= 0.6 is 12.4 Å². The zero-order valence-electron chi connectivity index (χ0n) is 8.71. The van der Waals surface area contributed by atoms with E-state index in [2.05, 4.69) is 0 Å². The van der Waals surface area contributed by atoms with Crippen molar-refractivity contribution in [1.29, 1.82) is 0 Å². The predicted octanol–water partition coefficient (Wildman–Crippen LogP) is 2.67. The van der Waals surface area contributed by atoms with Crippen molar-refractivity contribution in [3.05, 3.63) is 54.6 Å². The molecule has 86 valence electrons. The van der Waals surface area contributed by atoms with Gasteiger partial charge < -0.3 is 16.6 Å². The van der Waals surface area contributed by atoms with Crippen molar-refractivity contribution in [2.75, 3.05) is 11.5 Å². The number of nitrogens with two attached hydrogens (primary N) is 2. The molecular formula is C12H15ClN2O. The number of hydrogen-bond donors (Lipinski definition) is 3. The van der Waals surface area contributed by atoms with Crippen molar-refractivity contribution in [1.82, 2.24) is 0 Å². The first-order valence-electron chi connectivity index (χ1n) is 4.53. The molecule has 0 heterocycles. The number of halogens is 1. The van der Waals surface area contributed by atoms with Crippen LogP contribution in [0.25, 0.3) is 0 Å². The van der Waals surface area contributed by atoms with Crippen molar-refractivity contribution in [3.8, 4) is 5.75 Å². The van der Waals surface area contributed by atoms with Gasteiger partial charge >= 0.3 is 0 Å². The van der Waals surface area contributed by atoms with Crippen molar-refractivity contribution < 1.29 is 5.11 Å². The van der Waals surface area contributed by atoms with Gasteiger partial charge in [-0.3, -0.25) is 0 Å². The van der Waals surface area contributed by atoms with Gasteiger partial charge in [0.05, 0.1) is 0 Å². The van der Waals surface area contributed by atoms with Crippen LogP contribution in [0, 0.1) is 0 Å². The average Bonchev–Trinajstić information content (AvgIpc) is 2.19. The number of nitrogen functional groups attached to an aromatic ring is 2. The number of para-hydroxylation sites is 1. The molecule has 4 heteroatoms. The van der Waals surface area contributed by atoms with Crippen LogP contribution in [-0.4, -0.2) is 5.11 Å². The highest BCUT2D eigenvalue weighted by Gasteiger charge is 1.81. The lowest BCUT2D eigenvalue weighted by atomic mass is 10.3. The summed E-state index contributed by atoms with van der Waals surface area (Å²) in [6.45, 7) is 0. The minimum Gasteiger partial charge on any atom is -0.508 e. The zero-order valence-corrected chi connectivity index (χ0v) is 9.52. The van der Waals surface area contributed by atoms with E-state index in [1.807, 2.05) is 12.1 Å². The highest BCUT2D eigenvalue weighted by molar-refractivity contribution is 5.85. The van der Waals surface area contributed by atoms with Gasteiger partial charge in [-0.15, -0.1) is 12.4 Å². The minimum atomic E-state index is 0. The first kappa shape index (κ1) is 14.1. The van der Waals surface area contributed by atoms with E-state index in [-0.39, 0.29) is 12.4 Å². The molecule has 0 spiro atoms. The minimum absolute atomic E-state index is 0. The molecule has 0 amide bonds. The fourth-order valence-electron chi connectivity index (χ4n) is 0.987. The Hall–Kier alpha value is -1.87. The molecule has 0 aliphatic heterocycles. The number of hydrogen-bond acceptors (Lipinski definition) is 3. The summed E-state index contributed by atoms with van der Waals surface area (Å²) in [6.07, 6.45) is 0. The lowest BCUT2D eigenvalue weighted by Crippen LogP contribution is -1.87. The Bertz CT molecular complexity index is 390. The monoisotopic (exact) mass is 238 g/mol. The van der Waals surface area contributed by atoms with E-state index in [9.17, 15) is 0 Å². The van der Waals surface area contributed by atoms with Crippen LogP contribution in [0.2, 0.25) is 0 Å². The van der Waals surface area contributed by atoms with Crippen molar-refractivity contribution in [3.63, 3.8) is 0 Å². The van der Waals surface area contributed by atoms with Crippen LogP contribution in [0.5, 0.6) is 5.75 Å². The third-order valence-electron chi connectivity index (χ3n) is 1.67. The lowest BCUT2D eigenvalue weighted by Gasteiger charge is -1.91. The molecule has 16 heavy (non-hydrogen) atoms. The Labute approximate surface area is 101 Å². The SMILES string of the molecule is Cl.Nc1cccc(N)c1.Oc1ccccc1. The lowest BCUT2D eigenvalue weighted by molar-refractivity contribution is 0.475. The van der Waals surface area contributed by atoms with E-state index in [1.54, 1.807) is 42.5 Å². The van der Waals surface area contributed by atoms with Gasteiger partial charge in [-0.05, 0) is 30.3 Å². The topological polar surface area (TPSA) is 72.3 Å². The molecule has 0 aliphatic rings. The summed E-state index contributed by atoms with van der Waals surface area (Å²) < 4.78 is 0. The summed E-state index contributed by atoms with van der Waals surface area (Å²) in [5.41, 5.74) is 12.2. The standard InChI is InChI=1S/C6H8N2.C6H6O.ClH/c7-5-2-1-3-6(8)4-5;7-6-4-2-1-3-5-6;/h1-4H,7-8H2;1-5,7H;1H. The van der Waals surface area contributed by atoms with Gasteiger partial charge in [0.15, 0.2) is 0 Å². The molecule has 0 fully saturated rings. The van der Waals surface area contributed by atoms with Gasteiger partial charge in [0.25, 0.3) is 0 Å². The molecule has 0 radical (unpaired) electrons. The first-order chi connectivity index (χ1) is 7.18. The number of benzene rings is 2. The quantitative estimate of drug-likeness (QED) is 0.618. The van der Waals surface area contributed by atoms with Gasteiger partial charge in [0.1, 0.15) is 5.75 Å². The third-order valence-corrected chi connectivity index (χ3v) is 1.67. The summed E-state index contributed by atoms with van der Waals surface area (Å²) in [4.78, 5) is 0. The van der Waals surface area contributed by atoms with Crippen molar-refractivity contribution >= 4 is 23.8 Å². The summed E-state index contributed by atoms with van der Waals surface area (Å²) in [5.74, 6) is 0.322. The van der Waals surface area contributed by atoms with Crippen LogP contribution in [0.15, 0.2) is 54.6 Å². The second-order valence-electron chi connectivity index (χ2n) is 3.01. The van der Waals surface area contributed by atoms with Crippen LogP contribution < -0.4 is 11.5 Å². The highest BCUT2D eigenvalue weighted by atomic mass is 35.5. The van der Waals surface area contributed by atoms with Gasteiger partial charge in [-0.2, -0.15) is 0 Å². The van der Waals surface area contributed by atoms with E-state index in [0.29, 0.717) is 17.1 Å². The first-order valence-corrected chi connectivity index (χ1v) is 4.53. The molecule has 0 saturated carbocycles. The highest BCUT2D eigenvalue weighted by Crippen LogP contribution is 2.06. The van der Waals surface area contributed by atoms with Gasteiger partial charge in [0.2, 0.25) is 0 Å². The normalized spacial score (nSPS) is 8.25. The van der Waals surface area contributed by atoms with Crippen molar-refractivity contribution in [2.45, 2.75) is 0 Å². The second kappa shape index (κ2) is 7.43. The molecule has 3 nitrogen and oxygen atoms in total. The molecule has 0 unspecified atom stereocenters. The Balaban J connectivity index is 0.000000267. The van der Waals surface area contributed by atoms with Crippen LogP contribution in [0.1, 0.15) is 0 Å². The molecule has 0 saturated heterocycles. The summed E-state index contributed by atoms with van der Waals surface area (Å²) in [6, 6.07) is 15.9. The maximum Gasteiger partial charge on any atom is 0.115 e. The van der Waals surface area contributed by atoms with E-state index in [0.717, 1.165) is 0 Å². The molecule has 2 aromatic carbocycles. The van der Waals surface area contributed by atoms with E-state index >= 15 is 0 Å². The molecule has 0 atom stereocenters. The molecule has 0 aromatic heterocycles. The summed E-state index contributed by atoms with van der Waals surface area (Å²) >= 11 is 0. The fraction of sp³-hybridized carbons (Fsp3) is 0. The number of phenolic OH excluding ortho intramolecular Hbond substituents is 1.